The van der Waals surface area contributed by atoms with Gasteiger partial charge in [-0.15, -0.1) is 0 Å². The molecule has 1 nitrogen and oxygen atoms in total. The van der Waals surface area contributed by atoms with Crippen molar-refractivity contribution in [2.75, 3.05) is 0 Å². The zero-order chi connectivity index (χ0) is 17.4. The van der Waals surface area contributed by atoms with E-state index >= 15 is 0 Å². The van der Waals surface area contributed by atoms with Crippen molar-refractivity contribution in [1.29, 1.82) is 5.41 Å². The molecule has 0 saturated heterocycles. The summed E-state index contributed by atoms with van der Waals surface area (Å²) < 4.78 is 13.8. The van der Waals surface area contributed by atoms with Gasteiger partial charge in [0.2, 0.25) is 0 Å². The van der Waals surface area contributed by atoms with Gasteiger partial charge >= 0.3 is 0 Å². The van der Waals surface area contributed by atoms with E-state index in [9.17, 15) is 4.39 Å². The van der Waals surface area contributed by atoms with Gasteiger partial charge in [-0.05, 0) is 60.2 Å². The first-order valence-electron chi connectivity index (χ1n) is 8.02. The van der Waals surface area contributed by atoms with Gasteiger partial charge < -0.3 is 5.41 Å². The van der Waals surface area contributed by atoms with Crippen LogP contribution >= 0.6 is 0 Å². The van der Waals surface area contributed by atoms with Crippen molar-refractivity contribution in [3.8, 4) is 0 Å². The van der Waals surface area contributed by atoms with Crippen LogP contribution in [0.1, 0.15) is 43.4 Å². The van der Waals surface area contributed by atoms with Crippen LogP contribution in [0.15, 0.2) is 60.7 Å². The molecule has 0 bridgehead atoms. The Kier molecular flexibility index (Phi) is 7.40. The predicted molar refractivity (Wildman–Crippen MR) is 98.8 cm³/mol. The molecule has 0 aromatic heterocycles. The number of benzene rings is 1. The third-order valence-electron chi connectivity index (χ3n) is 3.88. The molecule has 0 aliphatic heterocycles. The van der Waals surface area contributed by atoms with E-state index in [2.05, 4.69) is 20.1 Å². The molecule has 1 aromatic carbocycles. The van der Waals surface area contributed by atoms with E-state index < -0.39 is 0 Å². The van der Waals surface area contributed by atoms with Gasteiger partial charge in [0.1, 0.15) is 5.82 Å². The summed E-state index contributed by atoms with van der Waals surface area (Å²) in [6.45, 7) is 13.6. The van der Waals surface area contributed by atoms with E-state index in [-0.39, 0.29) is 5.82 Å². The quantitative estimate of drug-likeness (QED) is 0.444. The van der Waals surface area contributed by atoms with Crippen LogP contribution in [-0.4, -0.2) is 5.71 Å². The number of aryl methyl sites for hydroxylation is 1. The van der Waals surface area contributed by atoms with Crippen LogP contribution in [0.5, 0.6) is 0 Å². The average Bonchev–Trinajstić information content (AvgIpc) is 2.53. The topological polar surface area (TPSA) is 23.9 Å². The largest absolute Gasteiger partial charge is 0.300 e. The van der Waals surface area contributed by atoms with Crippen LogP contribution < -0.4 is 0 Å². The van der Waals surface area contributed by atoms with E-state index in [4.69, 9.17) is 5.41 Å². The highest BCUT2D eigenvalue weighted by Gasteiger charge is 2.11. The highest BCUT2D eigenvalue weighted by molar-refractivity contribution is 6.08. The van der Waals surface area contributed by atoms with E-state index in [0.29, 0.717) is 11.3 Å². The van der Waals surface area contributed by atoms with Gasteiger partial charge in [-0.3, -0.25) is 0 Å². The highest BCUT2D eigenvalue weighted by Crippen LogP contribution is 2.22. The second-order valence-corrected chi connectivity index (χ2v) is 5.49. The van der Waals surface area contributed by atoms with Gasteiger partial charge in [-0.2, -0.15) is 0 Å². The first kappa shape index (κ1) is 18.8. The molecule has 0 aliphatic carbocycles. The number of allylic oxidation sites excluding steroid dienone is 6. The summed E-state index contributed by atoms with van der Waals surface area (Å²) in [5, 5.41) is 8.42. The Balaban J connectivity index is 3.36. The lowest BCUT2D eigenvalue weighted by atomic mass is 9.93. The minimum atomic E-state index is -0.289. The maximum absolute atomic E-state index is 13.8. The summed E-state index contributed by atoms with van der Waals surface area (Å²) in [4.78, 5) is 0. The monoisotopic (exact) mass is 311 g/mol. The molecule has 0 unspecified atom stereocenters. The summed E-state index contributed by atoms with van der Waals surface area (Å²) >= 11 is 0. The van der Waals surface area contributed by atoms with Crippen molar-refractivity contribution >= 4 is 5.71 Å². The predicted octanol–water partition coefficient (Wildman–Crippen LogP) is 6.09. The van der Waals surface area contributed by atoms with Gasteiger partial charge in [0.25, 0.3) is 0 Å². The first-order valence-corrected chi connectivity index (χ1v) is 8.02. The van der Waals surface area contributed by atoms with E-state index in [1.54, 1.807) is 18.2 Å². The lowest BCUT2D eigenvalue weighted by molar-refractivity contribution is 0.624. The average molecular weight is 311 g/mol. The van der Waals surface area contributed by atoms with E-state index in [0.717, 1.165) is 41.5 Å². The second kappa shape index (κ2) is 9.04. The number of halogens is 1. The molecular weight excluding hydrogens is 285 g/mol. The van der Waals surface area contributed by atoms with Crippen molar-refractivity contribution in [3.63, 3.8) is 0 Å². The minimum Gasteiger partial charge on any atom is -0.300 e. The molecule has 0 radical (unpaired) electrons. The van der Waals surface area contributed by atoms with Crippen LogP contribution in [0.3, 0.4) is 0 Å². The van der Waals surface area contributed by atoms with Crippen molar-refractivity contribution in [1.82, 2.24) is 0 Å². The van der Waals surface area contributed by atoms with Crippen LogP contribution in [0.25, 0.3) is 0 Å². The molecule has 1 N–H and O–H groups in total. The molecule has 23 heavy (non-hydrogen) atoms. The SMILES string of the molecule is C=C/C=C(C=C)/C(=C/C(=N)c1cc(F)cc(CC)c1C)CCC. The zero-order valence-corrected chi connectivity index (χ0v) is 14.4. The minimum absolute atomic E-state index is 0.289. The molecule has 2 heteroatoms. The van der Waals surface area contributed by atoms with Gasteiger partial charge in [-0.25, -0.2) is 4.39 Å². The van der Waals surface area contributed by atoms with E-state index in [1.165, 1.54) is 6.07 Å². The van der Waals surface area contributed by atoms with Gasteiger partial charge in [-0.1, -0.05) is 51.7 Å². The number of nitrogens with one attached hydrogen (secondary N) is 1. The Labute approximate surface area is 139 Å². The van der Waals surface area contributed by atoms with Crippen LogP contribution in [0.4, 0.5) is 4.39 Å². The molecule has 0 aliphatic rings. The van der Waals surface area contributed by atoms with Crippen LogP contribution in [0.2, 0.25) is 0 Å². The van der Waals surface area contributed by atoms with Crippen molar-refractivity contribution < 1.29 is 4.39 Å². The summed E-state index contributed by atoms with van der Waals surface area (Å²) in [5.74, 6) is -0.289. The first-order chi connectivity index (χ1) is 11.0. The number of hydrogen-bond donors (Lipinski definition) is 1. The maximum Gasteiger partial charge on any atom is 0.124 e. The third kappa shape index (κ3) is 4.88. The molecule has 1 aromatic rings. The fourth-order valence-electron chi connectivity index (χ4n) is 2.64. The molecule has 1 rings (SSSR count). The lowest BCUT2D eigenvalue weighted by Crippen LogP contribution is -2.04. The zero-order valence-electron chi connectivity index (χ0n) is 14.4. The fourth-order valence-corrected chi connectivity index (χ4v) is 2.64. The van der Waals surface area contributed by atoms with Crippen molar-refractivity contribution in [2.24, 2.45) is 0 Å². The molecule has 0 spiro atoms. The molecule has 0 saturated carbocycles. The molecule has 0 fully saturated rings. The van der Waals surface area contributed by atoms with Crippen LogP contribution in [0, 0.1) is 18.2 Å². The summed E-state index contributed by atoms with van der Waals surface area (Å²) in [6.07, 6.45) is 9.75. The summed E-state index contributed by atoms with van der Waals surface area (Å²) in [6, 6.07) is 3.00. The van der Waals surface area contributed by atoms with Gasteiger partial charge in [0.15, 0.2) is 0 Å². The van der Waals surface area contributed by atoms with Crippen molar-refractivity contribution in [2.45, 2.75) is 40.0 Å². The molecule has 0 amide bonds. The summed E-state index contributed by atoms with van der Waals surface area (Å²) in [5.41, 5.74) is 4.87. The maximum atomic E-state index is 13.8. The van der Waals surface area contributed by atoms with Crippen LogP contribution in [-0.2, 0) is 6.42 Å². The van der Waals surface area contributed by atoms with Crippen molar-refractivity contribution in [3.05, 3.63) is 83.2 Å². The standard InChI is InChI=1S/C21H26FN/c1-6-10-16(8-3)18(11-7-2)13-21(23)20-14-19(22)12-17(9-4)15(20)5/h6,8,10,12-14,23H,1,3,7,9,11H2,2,4-5H3/b16-10+,18-13+,23-21?. The third-order valence-corrected chi connectivity index (χ3v) is 3.88. The Morgan fingerprint density at radius 2 is 1.96 bits per heavy atom. The smallest absolute Gasteiger partial charge is 0.124 e. The second-order valence-electron chi connectivity index (χ2n) is 5.49. The Hall–Kier alpha value is -2.22. The van der Waals surface area contributed by atoms with E-state index in [1.807, 2.05) is 26.0 Å². The molecule has 122 valence electrons. The highest BCUT2D eigenvalue weighted by atomic mass is 19.1. The normalized spacial score (nSPS) is 12.2. The Morgan fingerprint density at radius 1 is 1.26 bits per heavy atom. The number of rotatable bonds is 8. The fraction of sp³-hybridized carbons (Fsp3) is 0.286. The molecule has 0 heterocycles. The summed E-state index contributed by atoms with van der Waals surface area (Å²) in [7, 11) is 0. The lowest BCUT2D eigenvalue weighted by Gasteiger charge is -2.12. The Bertz CT molecular complexity index is 663. The number of hydrogen-bond acceptors (Lipinski definition) is 1. The molecular formula is C21H26FN. The Morgan fingerprint density at radius 3 is 2.48 bits per heavy atom. The van der Waals surface area contributed by atoms with Gasteiger partial charge in [0.05, 0.1) is 5.71 Å². The molecule has 0 atom stereocenters. The van der Waals surface area contributed by atoms with Gasteiger partial charge in [0, 0.05) is 5.56 Å².